The van der Waals surface area contributed by atoms with Gasteiger partial charge in [-0.05, 0) is 6.54 Å². The molecule has 1 unspecified atom stereocenters. The topological polar surface area (TPSA) is 56.9 Å². The first kappa shape index (κ1) is 12.6. The minimum atomic E-state index is -0.0151. The molecule has 0 bridgehead atoms. The normalized spacial score (nSPS) is 12.7. The summed E-state index contributed by atoms with van der Waals surface area (Å²) in [7, 11) is 5.52. The molecule has 2 aromatic heterocycles. The first-order valence-corrected chi connectivity index (χ1v) is 5.94. The molecule has 0 aromatic carbocycles. The molecule has 0 saturated heterocycles. The van der Waals surface area contributed by atoms with Gasteiger partial charge in [0.05, 0.1) is 31.4 Å². The molecular formula is C12H19N5O. The van der Waals surface area contributed by atoms with E-state index in [2.05, 4.69) is 22.3 Å². The van der Waals surface area contributed by atoms with E-state index in [0.717, 1.165) is 23.7 Å². The van der Waals surface area contributed by atoms with Crippen LogP contribution in [0.25, 0.3) is 0 Å². The van der Waals surface area contributed by atoms with Crippen LogP contribution in [0.4, 0.5) is 0 Å². The molecule has 6 nitrogen and oxygen atoms in total. The fourth-order valence-electron chi connectivity index (χ4n) is 2.04. The van der Waals surface area contributed by atoms with Gasteiger partial charge in [-0.25, -0.2) is 4.98 Å². The summed E-state index contributed by atoms with van der Waals surface area (Å²) in [5.74, 6) is 0.772. The summed E-state index contributed by atoms with van der Waals surface area (Å²) in [6.07, 6.45) is 5.52. The number of ether oxygens (including phenoxy) is 1. The zero-order valence-electron chi connectivity index (χ0n) is 11.2. The summed E-state index contributed by atoms with van der Waals surface area (Å²) >= 11 is 0. The fraction of sp³-hybridized carbons (Fsp3) is 0.500. The SMILES string of the molecule is CCNC(c1cn(C)cn1)c1c(OC)cnn1C. The summed E-state index contributed by atoms with van der Waals surface area (Å²) in [5, 5.41) is 7.65. The standard InChI is InChI=1S/C12H19N5O/c1-5-13-11(9-7-16(2)8-14-9)12-10(18-4)6-15-17(12)3/h6-8,11,13H,5H2,1-4H3. The molecule has 2 aromatic rings. The highest BCUT2D eigenvalue weighted by Gasteiger charge is 2.23. The Bertz CT molecular complexity index is 516. The second kappa shape index (κ2) is 5.22. The zero-order chi connectivity index (χ0) is 13.1. The van der Waals surface area contributed by atoms with Crippen molar-refractivity contribution in [3.05, 3.63) is 30.1 Å². The molecule has 1 atom stereocenters. The van der Waals surface area contributed by atoms with Crippen molar-refractivity contribution in [3.8, 4) is 5.75 Å². The van der Waals surface area contributed by atoms with Gasteiger partial charge < -0.3 is 14.6 Å². The van der Waals surface area contributed by atoms with Crippen LogP contribution in [-0.4, -0.2) is 33.0 Å². The van der Waals surface area contributed by atoms with Gasteiger partial charge in [0.15, 0.2) is 5.75 Å². The maximum Gasteiger partial charge on any atom is 0.161 e. The Labute approximate surface area is 107 Å². The van der Waals surface area contributed by atoms with Gasteiger partial charge in [-0.15, -0.1) is 0 Å². The Hall–Kier alpha value is -1.82. The first-order valence-electron chi connectivity index (χ1n) is 5.94. The highest BCUT2D eigenvalue weighted by Crippen LogP contribution is 2.28. The fourth-order valence-corrected chi connectivity index (χ4v) is 2.04. The van der Waals surface area contributed by atoms with E-state index in [-0.39, 0.29) is 6.04 Å². The van der Waals surface area contributed by atoms with Gasteiger partial charge in [0.1, 0.15) is 5.69 Å². The van der Waals surface area contributed by atoms with Gasteiger partial charge in [-0.1, -0.05) is 6.92 Å². The summed E-state index contributed by atoms with van der Waals surface area (Å²) in [4.78, 5) is 4.41. The Kier molecular flexibility index (Phi) is 3.66. The van der Waals surface area contributed by atoms with Gasteiger partial charge in [0.2, 0.25) is 0 Å². The minimum Gasteiger partial charge on any atom is -0.493 e. The molecule has 1 N–H and O–H groups in total. The second-order valence-electron chi connectivity index (χ2n) is 4.18. The molecular weight excluding hydrogens is 230 g/mol. The van der Waals surface area contributed by atoms with Gasteiger partial charge in [0, 0.05) is 20.3 Å². The van der Waals surface area contributed by atoms with Crippen molar-refractivity contribution in [2.75, 3.05) is 13.7 Å². The predicted molar refractivity (Wildman–Crippen MR) is 68.5 cm³/mol. The third-order valence-electron chi connectivity index (χ3n) is 2.87. The lowest BCUT2D eigenvalue weighted by atomic mass is 10.1. The average molecular weight is 249 g/mol. The highest BCUT2D eigenvalue weighted by atomic mass is 16.5. The summed E-state index contributed by atoms with van der Waals surface area (Å²) in [5.41, 5.74) is 1.94. The quantitative estimate of drug-likeness (QED) is 0.854. The van der Waals surface area contributed by atoms with Crippen molar-refractivity contribution in [2.45, 2.75) is 13.0 Å². The van der Waals surface area contributed by atoms with Crippen LogP contribution < -0.4 is 10.1 Å². The average Bonchev–Trinajstić information content (AvgIpc) is 2.93. The molecule has 0 radical (unpaired) electrons. The summed E-state index contributed by atoms with van der Waals surface area (Å²) in [6, 6.07) is -0.0151. The third-order valence-corrected chi connectivity index (χ3v) is 2.87. The molecule has 98 valence electrons. The number of hydrogen-bond donors (Lipinski definition) is 1. The number of nitrogens with one attached hydrogen (secondary N) is 1. The summed E-state index contributed by atoms with van der Waals surface area (Å²) < 4.78 is 9.12. The summed E-state index contributed by atoms with van der Waals surface area (Å²) in [6.45, 7) is 2.91. The number of aromatic nitrogens is 4. The third kappa shape index (κ3) is 2.24. The maximum atomic E-state index is 5.36. The monoisotopic (exact) mass is 249 g/mol. The van der Waals surface area contributed by atoms with E-state index in [9.17, 15) is 0 Å². The molecule has 6 heteroatoms. The Morgan fingerprint density at radius 3 is 2.78 bits per heavy atom. The molecule has 0 aliphatic heterocycles. The van der Waals surface area contributed by atoms with E-state index in [0.29, 0.717) is 0 Å². The molecule has 0 fully saturated rings. The van der Waals surface area contributed by atoms with Crippen LogP contribution in [0.5, 0.6) is 5.75 Å². The molecule has 18 heavy (non-hydrogen) atoms. The first-order chi connectivity index (χ1) is 8.67. The zero-order valence-corrected chi connectivity index (χ0v) is 11.2. The number of aryl methyl sites for hydroxylation is 2. The van der Waals surface area contributed by atoms with Crippen molar-refractivity contribution >= 4 is 0 Å². The van der Waals surface area contributed by atoms with Gasteiger partial charge in [-0.3, -0.25) is 4.68 Å². The Balaban J connectivity index is 2.43. The van der Waals surface area contributed by atoms with Crippen LogP contribution in [0, 0.1) is 0 Å². The van der Waals surface area contributed by atoms with Crippen molar-refractivity contribution < 1.29 is 4.74 Å². The second-order valence-corrected chi connectivity index (χ2v) is 4.18. The number of imidazole rings is 1. The Morgan fingerprint density at radius 2 is 2.22 bits per heavy atom. The van der Waals surface area contributed by atoms with E-state index in [1.807, 2.05) is 29.5 Å². The lowest BCUT2D eigenvalue weighted by Crippen LogP contribution is -2.25. The van der Waals surface area contributed by atoms with E-state index in [4.69, 9.17) is 4.74 Å². The van der Waals surface area contributed by atoms with Crippen LogP contribution in [0.3, 0.4) is 0 Å². The van der Waals surface area contributed by atoms with E-state index < -0.39 is 0 Å². The van der Waals surface area contributed by atoms with Crippen LogP contribution in [0.2, 0.25) is 0 Å². The largest absolute Gasteiger partial charge is 0.493 e. The lowest BCUT2D eigenvalue weighted by molar-refractivity contribution is 0.400. The van der Waals surface area contributed by atoms with E-state index in [1.165, 1.54) is 0 Å². The maximum absolute atomic E-state index is 5.36. The van der Waals surface area contributed by atoms with Crippen LogP contribution in [0.1, 0.15) is 24.4 Å². The molecule has 0 aliphatic carbocycles. The number of hydrogen-bond acceptors (Lipinski definition) is 4. The number of nitrogens with zero attached hydrogens (tertiary/aromatic N) is 4. The predicted octanol–water partition coefficient (Wildman–Crippen LogP) is 0.861. The van der Waals surface area contributed by atoms with Crippen molar-refractivity contribution in [1.29, 1.82) is 0 Å². The van der Waals surface area contributed by atoms with Gasteiger partial charge in [-0.2, -0.15) is 5.10 Å². The number of rotatable bonds is 5. The molecule has 0 spiro atoms. The van der Waals surface area contributed by atoms with Crippen LogP contribution >= 0.6 is 0 Å². The molecule has 0 saturated carbocycles. The van der Waals surface area contributed by atoms with Crippen molar-refractivity contribution in [2.24, 2.45) is 14.1 Å². The van der Waals surface area contributed by atoms with E-state index >= 15 is 0 Å². The molecule has 2 rings (SSSR count). The number of methoxy groups -OCH3 is 1. The van der Waals surface area contributed by atoms with Crippen LogP contribution in [0.15, 0.2) is 18.7 Å². The van der Waals surface area contributed by atoms with Crippen molar-refractivity contribution in [1.82, 2.24) is 24.6 Å². The van der Waals surface area contributed by atoms with Gasteiger partial charge >= 0.3 is 0 Å². The van der Waals surface area contributed by atoms with E-state index in [1.54, 1.807) is 19.6 Å². The molecule has 0 aliphatic rings. The minimum absolute atomic E-state index is 0.0151. The highest BCUT2D eigenvalue weighted by molar-refractivity contribution is 5.33. The smallest absolute Gasteiger partial charge is 0.161 e. The Morgan fingerprint density at radius 1 is 1.44 bits per heavy atom. The van der Waals surface area contributed by atoms with Crippen LogP contribution in [-0.2, 0) is 14.1 Å². The van der Waals surface area contributed by atoms with Gasteiger partial charge in [0.25, 0.3) is 0 Å². The lowest BCUT2D eigenvalue weighted by Gasteiger charge is -2.17. The molecule has 2 heterocycles. The molecule has 0 amide bonds. The van der Waals surface area contributed by atoms with Crippen molar-refractivity contribution in [3.63, 3.8) is 0 Å².